The number of carbonyl (C=O) groups is 5. The van der Waals surface area contributed by atoms with E-state index < -0.39 is 29.7 Å². The molecule has 1 saturated heterocycles. The molecule has 11 nitrogen and oxygen atoms in total. The van der Waals surface area contributed by atoms with E-state index in [1.165, 1.54) is 0 Å². The van der Waals surface area contributed by atoms with Gasteiger partial charge in [-0.2, -0.15) is 5.26 Å². The molecular formula is C41H40ClN5O6. The third-order valence-corrected chi connectivity index (χ3v) is 10.6. The van der Waals surface area contributed by atoms with Crippen LogP contribution in [0.2, 0.25) is 5.02 Å². The predicted octanol–water partition coefficient (Wildman–Crippen LogP) is 5.86. The maximum atomic E-state index is 13.3. The lowest BCUT2D eigenvalue weighted by atomic mass is 9.49. The first-order chi connectivity index (χ1) is 25.2. The minimum atomic E-state index is -1.00. The number of anilines is 1. The highest BCUT2D eigenvalue weighted by Gasteiger charge is 2.64. The zero-order valence-corrected chi connectivity index (χ0v) is 30.7. The Morgan fingerprint density at radius 1 is 0.962 bits per heavy atom. The Labute approximate surface area is 313 Å². The maximum Gasteiger partial charge on any atom is 0.262 e. The highest BCUT2D eigenvalue weighted by atomic mass is 35.5. The molecule has 2 aliphatic heterocycles. The maximum absolute atomic E-state index is 13.3. The van der Waals surface area contributed by atoms with Gasteiger partial charge in [-0.15, -0.1) is 0 Å². The van der Waals surface area contributed by atoms with Gasteiger partial charge in [0.2, 0.25) is 11.8 Å². The molecule has 53 heavy (non-hydrogen) atoms. The van der Waals surface area contributed by atoms with Crippen LogP contribution in [0, 0.1) is 34.0 Å². The first kappa shape index (κ1) is 37.1. The molecule has 3 aromatic rings. The monoisotopic (exact) mass is 733 g/mol. The zero-order chi connectivity index (χ0) is 38.1. The van der Waals surface area contributed by atoms with Crippen LogP contribution in [0.25, 0.3) is 0 Å². The number of hydrogen-bond acceptors (Lipinski definition) is 8. The van der Waals surface area contributed by atoms with Crippen molar-refractivity contribution in [1.82, 2.24) is 15.5 Å². The normalized spacial score (nSPS) is 21.0. The number of amides is 5. The molecule has 1 atom stereocenters. The van der Waals surface area contributed by atoms with E-state index in [0.29, 0.717) is 33.9 Å². The van der Waals surface area contributed by atoms with Gasteiger partial charge in [0.15, 0.2) is 0 Å². The first-order valence-electron chi connectivity index (χ1n) is 17.6. The molecule has 1 aliphatic carbocycles. The second-order valence-corrected chi connectivity index (χ2v) is 15.2. The van der Waals surface area contributed by atoms with E-state index in [-0.39, 0.29) is 52.9 Å². The van der Waals surface area contributed by atoms with E-state index in [1.807, 2.05) is 12.1 Å². The van der Waals surface area contributed by atoms with E-state index in [2.05, 4.69) is 61.6 Å². The Balaban J connectivity index is 0.940. The van der Waals surface area contributed by atoms with Gasteiger partial charge in [0.25, 0.3) is 17.7 Å². The second-order valence-electron chi connectivity index (χ2n) is 14.8. The molecule has 3 N–H and O–H groups in total. The number of halogens is 1. The lowest BCUT2D eigenvalue weighted by Crippen LogP contribution is -2.74. The minimum Gasteiger partial charge on any atom is -0.489 e. The van der Waals surface area contributed by atoms with Crippen LogP contribution in [0.1, 0.15) is 102 Å². The van der Waals surface area contributed by atoms with Gasteiger partial charge in [0.1, 0.15) is 24.0 Å². The molecular weight excluding hydrogens is 694 g/mol. The third kappa shape index (κ3) is 7.35. The number of hydrogen-bond donors (Lipinski definition) is 3. The van der Waals surface area contributed by atoms with Crippen LogP contribution in [0.3, 0.4) is 0 Å². The van der Waals surface area contributed by atoms with Crippen LogP contribution in [0.5, 0.6) is 5.75 Å². The summed E-state index contributed by atoms with van der Waals surface area (Å²) in [5.74, 6) is 4.45. The summed E-state index contributed by atoms with van der Waals surface area (Å²) >= 11 is 6.21. The van der Waals surface area contributed by atoms with Crippen LogP contribution >= 0.6 is 11.6 Å². The summed E-state index contributed by atoms with van der Waals surface area (Å²) in [7, 11) is 0. The largest absolute Gasteiger partial charge is 0.489 e. The molecule has 0 spiro atoms. The number of rotatable bonds is 10. The number of carbonyl (C=O) groups excluding carboxylic acids is 5. The van der Waals surface area contributed by atoms with Gasteiger partial charge >= 0.3 is 0 Å². The fourth-order valence-electron chi connectivity index (χ4n) is 7.83. The van der Waals surface area contributed by atoms with Gasteiger partial charge in [-0.3, -0.25) is 34.2 Å². The van der Waals surface area contributed by atoms with Crippen molar-refractivity contribution < 1.29 is 28.7 Å². The molecule has 0 unspecified atom stereocenters. The second kappa shape index (κ2) is 14.8. The summed E-state index contributed by atoms with van der Waals surface area (Å²) in [6.45, 7) is 8.98. The summed E-state index contributed by atoms with van der Waals surface area (Å²) < 4.78 is 6.33. The summed E-state index contributed by atoms with van der Waals surface area (Å²) in [5, 5.41) is 18.3. The van der Waals surface area contributed by atoms with Gasteiger partial charge < -0.3 is 15.4 Å². The van der Waals surface area contributed by atoms with Crippen LogP contribution in [-0.4, -0.2) is 59.2 Å². The third-order valence-electron chi connectivity index (χ3n) is 10.3. The van der Waals surface area contributed by atoms with Crippen LogP contribution in [0.4, 0.5) is 5.69 Å². The molecule has 272 valence electrons. The topological polar surface area (TPSA) is 158 Å². The Hall–Kier alpha value is -5.65. The smallest absolute Gasteiger partial charge is 0.262 e. The number of fused-ring (bicyclic) bond motifs is 1. The molecule has 1 saturated carbocycles. The van der Waals surface area contributed by atoms with Crippen molar-refractivity contribution in [2.75, 3.05) is 11.9 Å². The van der Waals surface area contributed by atoms with Gasteiger partial charge in [-0.1, -0.05) is 51.1 Å². The highest BCUT2D eigenvalue weighted by Crippen LogP contribution is 2.55. The van der Waals surface area contributed by atoms with E-state index in [1.54, 1.807) is 48.5 Å². The zero-order valence-electron chi connectivity index (χ0n) is 30.0. The average molecular weight is 734 g/mol. The molecule has 3 aromatic carbocycles. The number of ether oxygens (including phenoxy) is 1. The Morgan fingerprint density at radius 3 is 2.36 bits per heavy atom. The molecule has 6 rings (SSSR count). The minimum absolute atomic E-state index is 0.0677. The van der Waals surface area contributed by atoms with E-state index in [4.69, 9.17) is 21.6 Å². The Bertz CT molecular complexity index is 2090. The molecule has 3 aliphatic rings. The van der Waals surface area contributed by atoms with Crippen molar-refractivity contribution in [2.24, 2.45) is 10.8 Å². The Morgan fingerprint density at radius 2 is 1.68 bits per heavy atom. The molecule has 2 fully saturated rings. The van der Waals surface area contributed by atoms with Crippen molar-refractivity contribution in [3.63, 3.8) is 0 Å². The number of benzene rings is 3. The van der Waals surface area contributed by atoms with Crippen LogP contribution in [-0.2, 0) is 9.59 Å². The lowest BCUT2D eigenvalue weighted by molar-refractivity contribution is -0.164. The van der Waals surface area contributed by atoms with E-state index >= 15 is 0 Å². The number of imide groups is 2. The number of unbranched alkanes of at least 4 members (excludes halogenated alkanes) is 2. The number of nitriles is 1. The first-order valence-corrected chi connectivity index (χ1v) is 18.0. The highest BCUT2D eigenvalue weighted by molar-refractivity contribution is 6.31. The van der Waals surface area contributed by atoms with E-state index in [0.717, 1.165) is 30.0 Å². The summed E-state index contributed by atoms with van der Waals surface area (Å²) in [4.78, 5) is 63.9. The van der Waals surface area contributed by atoms with Crippen molar-refractivity contribution in [2.45, 2.75) is 78.0 Å². The molecule has 12 heteroatoms. The van der Waals surface area contributed by atoms with Gasteiger partial charge in [-0.25, -0.2) is 0 Å². The van der Waals surface area contributed by atoms with Crippen molar-refractivity contribution >= 4 is 46.8 Å². The Kier molecular flexibility index (Phi) is 10.3. The SMILES string of the molecule is CC1(C)C(NC(=O)c2ccc(NCCCCC#Cc3ccc4c(c3)C(=O)N([C@H]3CCC(=O)NC3=O)C4=O)cc2)C(C)(C)C1Oc1ccc(C#N)c(Cl)c1. The molecule has 0 radical (unpaired) electrons. The van der Waals surface area contributed by atoms with Crippen molar-refractivity contribution in [3.8, 4) is 23.7 Å². The average Bonchev–Trinajstić information content (AvgIpc) is 3.37. The molecule has 2 heterocycles. The van der Waals surface area contributed by atoms with Crippen molar-refractivity contribution in [1.29, 1.82) is 5.26 Å². The van der Waals surface area contributed by atoms with Gasteiger partial charge in [0, 0.05) is 59.1 Å². The van der Waals surface area contributed by atoms with Gasteiger partial charge in [-0.05, 0) is 73.9 Å². The lowest BCUT2D eigenvalue weighted by Gasteiger charge is -2.63. The van der Waals surface area contributed by atoms with Crippen LogP contribution in [0.15, 0.2) is 60.7 Å². The molecule has 0 aromatic heterocycles. The summed E-state index contributed by atoms with van der Waals surface area (Å²) in [5.41, 5.74) is 2.14. The number of nitrogens with one attached hydrogen (secondary N) is 3. The van der Waals surface area contributed by atoms with E-state index in [9.17, 15) is 24.0 Å². The molecule has 5 amide bonds. The number of piperidine rings is 1. The molecule has 0 bridgehead atoms. The summed E-state index contributed by atoms with van der Waals surface area (Å²) in [6, 6.07) is 18.1. The standard InChI is InChI=1S/C41H40ClN5O6/c1-40(2)38(41(3,4)39(40)53-28-16-13-26(23-43)31(42)22-28)46-34(49)25-11-14-27(15-12-25)44-20-8-6-5-7-9-24-10-17-29-30(21-24)37(52)47(36(29)51)32-18-19-33(48)45-35(32)50/h10-17,21-22,32,38-39,44H,5-6,8,18-20H2,1-4H3,(H,46,49)(H,45,48,50)/t32-,38?,39?/m0/s1. The fraction of sp³-hybridized carbons (Fsp3) is 0.366. The van der Waals surface area contributed by atoms with Crippen molar-refractivity contribution in [3.05, 3.63) is 93.5 Å². The predicted molar refractivity (Wildman–Crippen MR) is 198 cm³/mol. The van der Waals surface area contributed by atoms with Gasteiger partial charge in [0.05, 0.1) is 21.7 Å². The van der Waals surface area contributed by atoms with Crippen LogP contribution < -0.4 is 20.7 Å². The fourth-order valence-corrected chi connectivity index (χ4v) is 8.05. The quantitative estimate of drug-likeness (QED) is 0.133. The number of nitrogens with zero attached hydrogens (tertiary/aromatic N) is 2. The summed E-state index contributed by atoms with van der Waals surface area (Å²) in [6.07, 6.45) is 2.31.